The summed E-state index contributed by atoms with van der Waals surface area (Å²) in [5.41, 5.74) is -0.0454. The molecule has 1 rings (SSSR count). The van der Waals surface area contributed by atoms with E-state index in [0.29, 0.717) is 4.88 Å². The maximum atomic E-state index is 12.1. The molecule has 2 atom stereocenters. The summed E-state index contributed by atoms with van der Waals surface area (Å²) in [6.45, 7) is 10.2. The SMILES string of the molecule is CC[C@@H](C)[C@@H](CO)NC(=O)c1cnc(C(C)(C)C)s1. The van der Waals surface area contributed by atoms with Crippen LogP contribution in [-0.4, -0.2) is 28.6 Å². The number of carbonyl (C=O) groups excluding carboxylic acids is 1. The molecule has 0 fully saturated rings. The molecule has 1 aromatic rings. The third-order valence-electron chi connectivity index (χ3n) is 3.22. The Balaban J connectivity index is 2.75. The first-order valence-electron chi connectivity index (χ1n) is 6.67. The van der Waals surface area contributed by atoms with E-state index in [1.54, 1.807) is 6.20 Å². The van der Waals surface area contributed by atoms with Crippen LogP contribution in [0.4, 0.5) is 0 Å². The van der Waals surface area contributed by atoms with Gasteiger partial charge in [0.15, 0.2) is 0 Å². The molecule has 1 amide bonds. The molecule has 1 aromatic heterocycles. The number of hydrogen-bond donors (Lipinski definition) is 2. The van der Waals surface area contributed by atoms with E-state index >= 15 is 0 Å². The second kappa shape index (κ2) is 6.48. The summed E-state index contributed by atoms with van der Waals surface area (Å²) >= 11 is 1.41. The van der Waals surface area contributed by atoms with Crippen LogP contribution in [0.1, 0.15) is 55.7 Å². The second-order valence-electron chi connectivity index (χ2n) is 5.93. The first-order chi connectivity index (χ1) is 8.79. The highest BCUT2D eigenvalue weighted by Gasteiger charge is 2.23. The van der Waals surface area contributed by atoms with Gasteiger partial charge in [0.2, 0.25) is 0 Å². The lowest BCUT2D eigenvalue weighted by atomic mass is 9.98. The minimum Gasteiger partial charge on any atom is -0.394 e. The average molecular weight is 284 g/mol. The van der Waals surface area contributed by atoms with Gasteiger partial charge in [-0.3, -0.25) is 4.79 Å². The zero-order valence-corrected chi connectivity index (χ0v) is 13.2. The fraction of sp³-hybridized carbons (Fsp3) is 0.714. The minimum atomic E-state index is -0.197. The molecule has 0 spiro atoms. The predicted octanol–water partition coefficient (Wildman–Crippen LogP) is 2.58. The Hall–Kier alpha value is -0.940. The van der Waals surface area contributed by atoms with Crippen molar-refractivity contribution in [3.8, 4) is 0 Å². The summed E-state index contributed by atoms with van der Waals surface area (Å²) in [6, 6.07) is -0.197. The molecule has 0 aliphatic carbocycles. The van der Waals surface area contributed by atoms with Crippen molar-refractivity contribution in [1.29, 1.82) is 0 Å². The van der Waals surface area contributed by atoms with E-state index < -0.39 is 0 Å². The van der Waals surface area contributed by atoms with Crippen molar-refractivity contribution in [1.82, 2.24) is 10.3 Å². The maximum absolute atomic E-state index is 12.1. The second-order valence-corrected chi connectivity index (χ2v) is 6.96. The third kappa shape index (κ3) is 4.28. The molecular formula is C14H24N2O2S. The van der Waals surface area contributed by atoms with E-state index in [0.717, 1.165) is 11.4 Å². The van der Waals surface area contributed by atoms with Gasteiger partial charge in [0.25, 0.3) is 5.91 Å². The summed E-state index contributed by atoms with van der Waals surface area (Å²) in [6.07, 6.45) is 2.53. The molecule has 5 heteroatoms. The largest absolute Gasteiger partial charge is 0.394 e. The Morgan fingerprint density at radius 3 is 2.58 bits per heavy atom. The minimum absolute atomic E-state index is 0.0360. The van der Waals surface area contributed by atoms with Crippen LogP contribution >= 0.6 is 11.3 Å². The van der Waals surface area contributed by atoms with E-state index in [4.69, 9.17) is 0 Å². The van der Waals surface area contributed by atoms with Gasteiger partial charge in [0.05, 0.1) is 23.9 Å². The molecule has 0 bridgehead atoms. The zero-order chi connectivity index (χ0) is 14.6. The van der Waals surface area contributed by atoms with Gasteiger partial charge in [0, 0.05) is 5.41 Å². The molecule has 0 aliphatic heterocycles. The summed E-state index contributed by atoms with van der Waals surface area (Å²) < 4.78 is 0. The van der Waals surface area contributed by atoms with Crippen molar-refractivity contribution in [2.75, 3.05) is 6.61 Å². The van der Waals surface area contributed by atoms with Gasteiger partial charge in [-0.1, -0.05) is 41.0 Å². The normalized spacial score (nSPS) is 15.1. The van der Waals surface area contributed by atoms with Gasteiger partial charge >= 0.3 is 0 Å². The fourth-order valence-electron chi connectivity index (χ4n) is 1.62. The highest BCUT2D eigenvalue weighted by molar-refractivity contribution is 7.13. The average Bonchev–Trinajstić information content (AvgIpc) is 2.84. The zero-order valence-electron chi connectivity index (χ0n) is 12.4. The van der Waals surface area contributed by atoms with Gasteiger partial charge in [0.1, 0.15) is 4.88 Å². The molecule has 0 saturated heterocycles. The van der Waals surface area contributed by atoms with Crippen LogP contribution in [0.15, 0.2) is 6.20 Å². The van der Waals surface area contributed by atoms with E-state index in [1.807, 2.05) is 13.8 Å². The van der Waals surface area contributed by atoms with Gasteiger partial charge in [-0.25, -0.2) is 4.98 Å². The van der Waals surface area contributed by atoms with Crippen molar-refractivity contribution in [2.24, 2.45) is 5.92 Å². The fourth-order valence-corrected chi connectivity index (χ4v) is 2.49. The van der Waals surface area contributed by atoms with E-state index in [-0.39, 0.29) is 29.9 Å². The van der Waals surface area contributed by atoms with Gasteiger partial charge in [-0.2, -0.15) is 0 Å². The van der Waals surface area contributed by atoms with Crippen molar-refractivity contribution in [3.05, 3.63) is 16.1 Å². The van der Waals surface area contributed by atoms with E-state index in [2.05, 4.69) is 31.1 Å². The number of nitrogens with one attached hydrogen (secondary N) is 1. The van der Waals surface area contributed by atoms with Crippen LogP contribution in [0.2, 0.25) is 0 Å². The number of amides is 1. The number of thiazole rings is 1. The monoisotopic (exact) mass is 284 g/mol. The molecule has 0 unspecified atom stereocenters. The Labute approximate surface area is 119 Å². The van der Waals surface area contributed by atoms with Crippen LogP contribution < -0.4 is 5.32 Å². The molecular weight excluding hydrogens is 260 g/mol. The molecule has 0 radical (unpaired) electrons. The lowest BCUT2D eigenvalue weighted by Gasteiger charge is -2.21. The number of carbonyl (C=O) groups is 1. The summed E-state index contributed by atoms with van der Waals surface area (Å²) in [5, 5.41) is 13.2. The predicted molar refractivity (Wildman–Crippen MR) is 78.6 cm³/mol. The number of aliphatic hydroxyl groups excluding tert-OH is 1. The summed E-state index contributed by atoms with van der Waals surface area (Å²) in [4.78, 5) is 17.0. The molecule has 4 nitrogen and oxygen atoms in total. The molecule has 2 N–H and O–H groups in total. The van der Waals surface area contributed by atoms with Crippen LogP contribution in [-0.2, 0) is 5.41 Å². The molecule has 0 aliphatic rings. The molecule has 19 heavy (non-hydrogen) atoms. The Kier molecular flexibility index (Phi) is 5.50. The van der Waals surface area contributed by atoms with Crippen molar-refractivity contribution in [3.63, 3.8) is 0 Å². The first kappa shape index (κ1) is 16.1. The quantitative estimate of drug-likeness (QED) is 0.873. The van der Waals surface area contributed by atoms with Gasteiger partial charge in [-0.05, 0) is 5.92 Å². The number of aliphatic hydroxyl groups is 1. The van der Waals surface area contributed by atoms with Crippen molar-refractivity contribution in [2.45, 2.75) is 52.5 Å². The molecule has 1 heterocycles. The van der Waals surface area contributed by atoms with Crippen molar-refractivity contribution >= 4 is 17.2 Å². The van der Waals surface area contributed by atoms with Crippen LogP contribution in [0.5, 0.6) is 0 Å². The van der Waals surface area contributed by atoms with Gasteiger partial charge in [-0.15, -0.1) is 11.3 Å². The molecule has 0 saturated carbocycles. The summed E-state index contributed by atoms with van der Waals surface area (Å²) in [5.74, 6) is 0.108. The van der Waals surface area contributed by atoms with Crippen LogP contribution in [0, 0.1) is 5.92 Å². The molecule has 108 valence electrons. The third-order valence-corrected chi connectivity index (χ3v) is 4.64. The Bertz CT molecular complexity index is 423. The van der Waals surface area contributed by atoms with E-state index in [9.17, 15) is 9.90 Å². The topological polar surface area (TPSA) is 62.2 Å². The van der Waals surface area contributed by atoms with Crippen LogP contribution in [0.25, 0.3) is 0 Å². The lowest BCUT2D eigenvalue weighted by molar-refractivity contribution is 0.0895. The lowest BCUT2D eigenvalue weighted by Crippen LogP contribution is -2.41. The smallest absolute Gasteiger partial charge is 0.263 e. The molecule has 0 aromatic carbocycles. The first-order valence-corrected chi connectivity index (χ1v) is 7.49. The van der Waals surface area contributed by atoms with Crippen LogP contribution in [0.3, 0.4) is 0 Å². The summed E-state index contributed by atoms with van der Waals surface area (Å²) in [7, 11) is 0. The Morgan fingerprint density at radius 2 is 2.16 bits per heavy atom. The highest BCUT2D eigenvalue weighted by Crippen LogP contribution is 2.26. The number of hydrogen-bond acceptors (Lipinski definition) is 4. The van der Waals surface area contributed by atoms with Crippen molar-refractivity contribution < 1.29 is 9.90 Å². The standard InChI is InChI=1S/C14H24N2O2S/c1-6-9(2)10(8-17)16-12(18)11-7-15-13(19-11)14(3,4)5/h7,9-10,17H,6,8H2,1-5H3,(H,16,18)/t9-,10-/m1/s1. The maximum Gasteiger partial charge on any atom is 0.263 e. The highest BCUT2D eigenvalue weighted by atomic mass is 32.1. The number of nitrogens with zero attached hydrogens (tertiary/aromatic N) is 1. The Morgan fingerprint density at radius 1 is 1.53 bits per heavy atom. The number of aromatic nitrogens is 1. The van der Waals surface area contributed by atoms with Gasteiger partial charge < -0.3 is 10.4 Å². The van der Waals surface area contributed by atoms with E-state index in [1.165, 1.54) is 11.3 Å². The number of rotatable bonds is 5.